The highest BCUT2D eigenvalue weighted by Gasteiger charge is 2.01. The van der Waals surface area contributed by atoms with Gasteiger partial charge in [0, 0.05) is 32.1 Å². The van der Waals surface area contributed by atoms with Gasteiger partial charge in [0.05, 0.1) is 0 Å². The Balaban J connectivity index is 2.37. The van der Waals surface area contributed by atoms with Crippen molar-refractivity contribution in [3.8, 4) is 18.1 Å². The lowest BCUT2D eigenvalue weighted by atomic mass is 10.2. The van der Waals surface area contributed by atoms with Crippen LogP contribution in [0.25, 0.3) is 0 Å². The highest BCUT2D eigenvalue weighted by Crippen LogP contribution is 2.17. The summed E-state index contributed by atoms with van der Waals surface area (Å²) < 4.78 is 5.44. The lowest BCUT2D eigenvalue weighted by Crippen LogP contribution is -2.29. The molecule has 2 N–H and O–H groups in total. The van der Waals surface area contributed by atoms with E-state index in [9.17, 15) is 4.79 Å². The van der Waals surface area contributed by atoms with E-state index in [0.29, 0.717) is 19.6 Å². The molecule has 0 atom stereocenters. The van der Waals surface area contributed by atoms with E-state index >= 15 is 0 Å². The Morgan fingerprint density at radius 2 is 2.17 bits per heavy atom. The van der Waals surface area contributed by atoms with Crippen molar-refractivity contribution in [2.45, 2.75) is 13.5 Å². The zero-order chi connectivity index (χ0) is 13.2. The van der Waals surface area contributed by atoms with Gasteiger partial charge in [-0.25, -0.2) is 0 Å². The number of hydrogen-bond donors (Lipinski definition) is 2. The molecule has 1 aromatic rings. The van der Waals surface area contributed by atoms with Crippen LogP contribution < -0.4 is 15.4 Å². The van der Waals surface area contributed by atoms with Gasteiger partial charge in [0.25, 0.3) is 0 Å². The Kier molecular flexibility index (Phi) is 6.37. The molecule has 0 saturated heterocycles. The van der Waals surface area contributed by atoms with Gasteiger partial charge in [0.15, 0.2) is 0 Å². The quantitative estimate of drug-likeness (QED) is 0.556. The zero-order valence-electron chi connectivity index (χ0n) is 10.5. The second-order valence-electron chi connectivity index (χ2n) is 3.76. The van der Waals surface area contributed by atoms with Crippen LogP contribution >= 0.6 is 0 Å². The Morgan fingerprint density at radius 3 is 2.89 bits per heavy atom. The molecule has 0 unspecified atom stereocenters. The highest BCUT2D eigenvalue weighted by molar-refractivity contribution is 5.72. The van der Waals surface area contributed by atoms with Gasteiger partial charge in [0.1, 0.15) is 12.4 Å². The Hall–Kier alpha value is -1.99. The summed E-state index contributed by atoms with van der Waals surface area (Å²) in [6, 6.07) is 7.74. The van der Waals surface area contributed by atoms with Gasteiger partial charge in [-0.05, 0) is 6.07 Å². The largest absolute Gasteiger partial charge is 0.481 e. The van der Waals surface area contributed by atoms with E-state index in [1.165, 1.54) is 6.92 Å². The Morgan fingerprint density at radius 1 is 1.39 bits per heavy atom. The second kappa shape index (κ2) is 8.15. The first-order valence-corrected chi connectivity index (χ1v) is 5.83. The predicted octanol–water partition coefficient (Wildman–Crippen LogP) is 0.924. The van der Waals surface area contributed by atoms with Crippen molar-refractivity contribution >= 4 is 5.91 Å². The van der Waals surface area contributed by atoms with Crippen LogP contribution in [-0.2, 0) is 11.3 Å². The average molecular weight is 246 g/mol. The molecule has 4 heteroatoms. The number of amides is 1. The van der Waals surface area contributed by atoms with Gasteiger partial charge in [-0.3, -0.25) is 4.79 Å². The molecule has 4 nitrogen and oxygen atoms in total. The van der Waals surface area contributed by atoms with Crippen LogP contribution in [0.1, 0.15) is 12.5 Å². The number of terminal acetylenes is 1. The maximum Gasteiger partial charge on any atom is 0.216 e. The third-order valence-corrected chi connectivity index (χ3v) is 2.27. The number of hydrogen-bond acceptors (Lipinski definition) is 3. The van der Waals surface area contributed by atoms with Gasteiger partial charge in [0.2, 0.25) is 5.91 Å². The average Bonchev–Trinajstić information content (AvgIpc) is 2.36. The van der Waals surface area contributed by atoms with E-state index in [2.05, 4.69) is 16.6 Å². The van der Waals surface area contributed by atoms with E-state index in [4.69, 9.17) is 11.2 Å². The van der Waals surface area contributed by atoms with Crippen molar-refractivity contribution in [2.75, 3.05) is 19.7 Å². The topological polar surface area (TPSA) is 50.4 Å². The fourth-order valence-corrected chi connectivity index (χ4v) is 1.46. The fraction of sp³-hybridized carbons (Fsp3) is 0.357. The number of nitrogens with one attached hydrogen (secondary N) is 2. The molecule has 1 rings (SSSR count). The smallest absolute Gasteiger partial charge is 0.216 e. The van der Waals surface area contributed by atoms with Crippen LogP contribution in [0.15, 0.2) is 24.3 Å². The van der Waals surface area contributed by atoms with Crippen LogP contribution in [0.4, 0.5) is 0 Å². The molecule has 0 radical (unpaired) electrons. The molecule has 0 saturated carbocycles. The molecule has 18 heavy (non-hydrogen) atoms. The van der Waals surface area contributed by atoms with Crippen molar-refractivity contribution in [3.05, 3.63) is 29.8 Å². The summed E-state index contributed by atoms with van der Waals surface area (Å²) >= 11 is 0. The molecule has 0 aliphatic carbocycles. The van der Waals surface area contributed by atoms with Crippen LogP contribution in [0.2, 0.25) is 0 Å². The molecule has 1 aromatic carbocycles. The molecule has 0 spiro atoms. The first-order chi connectivity index (χ1) is 8.74. The molecular formula is C14H18N2O2. The third-order valence-electron chi connectivity index (χ3n) is 2.27. The number of benzene rings is 1. The highest BCUT2D eigenvalue weighted by atomic mass is 16.5. The number of carbonyl (C=O) groups is 1. The first-order valence-electron chi connectivity index (χ1n) is 5.83. The lowest BCUT2D eigenvalue weighted by Gasteiger charge is -2.10. The van der Waals surface area contributed by atoms with E-state index in [1.807, 2.05) is 24.3 Å². The third kappa shape index (κ3) is 5.37. The summed E-state index contributed by atoms with van der Waals surface area (Å²) in [5.41, 5.74) is 1.05. The van der Waals surface area contributed by atoms with Gasteiger partial charge in [-0.15, -0.1) is 6.42 Å². The second-order valence-corrected chi connectivity index (χ2v) is 3.76. The summed E-state index contributed by atoms with van der Waals surface area (Å²) in [7, 11) is 0. The van der Waals surface area contributed by atoms with Crippen molar-refractivity contribution in [3.63, 3.8) is 0 Å². The Labute approximate surface area is 108 Å². The predicted molar refractivity (Wildman–Crippen MR) is 71.2 cm³/mol. The van der Waals surface area contributed by atoms with E-state index in [0.717, 1.165) is 11.3 Å². The molecule has 1 amide bonds. The van der Waals surface area contributed by atoms with Crippen molar-refractivity contribution in [2.24, 2.45) is 0 Å². The molecule has 0 fully saturated rings. The summed E-state index contributed by atoms with van der Waals surface area (Å²) in [6.45, 7) is 3.78. The first kappa shape index (κ1) is 14.1. The van der Waals surface area contributed by atoms with Crippen LogP contribution in [-0.4, -0.2) is 25.6 Å². The fourth-order valence-electron chi connectivity index (χ4n) is 1.46. The molecule has 0 heterocycles. The minimum Gasteiger partial charge on any atom is -0.481 e. The summed E-state index contributed by atoms with van der Waals surface area (Å²) in [5, 5.41) is 5.95. The minimum atomic E-state index is -0.0189. The van der Waals surface area contributed by atoms with Gasteiger partial charge >= 0.3 is 0 Å². The molecular weight excluding hydrogens is 228 g/mol. The number of rotatable bonds is 7. The van der Waals surface area contributed by atoms with Gasteiger partial charge < -0.3 is 15.4 Å². The maximum absolute atomic E-state index is 10.7. The number of carbonyl (C=O) groups excluding carboxylic acids is 1. The molecule has 96 valence electrons. The Bertz CT molecular complexity index is 424. The van der Waals surface area contributed by atoms with E-state index < -0.39 is 0 Å². The standard InChI is InChI=1S/C14H18N2O2/c1-3-10-18-14-7-5-4-6-13(14)11-15-8-9-16-12(2)17/h1,4-7,15H,8-11H2,2H3,(H,16,17). The van der Waals surface area contributed by atoms with Crippen LogP contribution in [0, 0.1) is 12.3 Å². The minimum absolute atomic E-state index is 0.0189. The number of para-hydroxylation sites is 1. The van der Waals surface area contributed by atoms with Gasteiger partial charge in [-0.1, -0.05) is 24.1 Å². The molecule has 0 aliphatic rings. The molecule has 0 aromatic heterocycles. The lowest BCUT2D eigenvalue weighted by molar-refractivity contribution is -0.118. The van der Waals surface area contributed by atoms with Crippen LogP contribution in [0.3, 0.4) is 0 Å². The monoisotopic (exact) mass is 246 g/mol. The summed E-state index contributed by atoms with van der Waals surface area (Å²) in [5.74, 6) is 3.22. The zero-order valence-corrected chi connectivity index (χ0v) is 10.5. The van der Waals surface area contributed by atoms with Crippen molar-refractivity contribution < 1.29 is 9.53 Å². The molecule has 0 bridgehead atoms. The summed E-state index contributed by atoms with van der Waals surface area (Å²) in [4.78, 5) is 10.7. The number of ether oxygens (including phenoxy) is 1. The maximum atomic E-state index is 10.7. The van der Waals surface area contributed by atoms with Crippen LogP contribution in [0.5, 0.6) is 5.75 Å². The van der Waals surface area contributed by atoms with E-state index in [1.54, 1.807) is 0 Å². The van der Waals surface area contributed by atoms with Gasteiger partial charge in [-0.2, -0.15) is 0 Å². The normalized spacial score (nSPS) is 9.56. The molecule has 0 aliphatic heterocycles. The summed E-state index contributed by atoms with van der Waals surface area (Å²) in [6.07, 6.45) is 5.16. The van der Waals surface area contributed by atoms with Crippen molar-refractivity contribution in [1.29, 1.82) is 0 Å². The van der Waals surface area contributed by atoms with E-state index in [-0.39, 0.29) is 12.5 Å². The SMILES string of the molecule is C#CCOc1ccccc1CNCCNC(C)=O. The van der Waals surface area contributed by atoms with Crippen molar-refractivity contribution in [1.82, 2.24) is 10.6 Å².